The van der Waals surface area contributed by atoms with Gasteiger partial charge in [-0.15, -0.1) is 12.4 Å². The fourth-order valence-electron chi connectivity index (χ4n) is 3.30. The minimum Gasteiger partial charge on any atom is -0.489 e. The highest BCUT2D eigenvalue weighted by Crippen LogP contribution is 2.17. The Labute approximate surface area is 168 Å². The Bertz CT molecular complexity index is 751. The maximum Gasteiger partial charge on any atom is 0.224 e. The number of halogens is 1. The lowest BCUT2D eigenvalue weighted by molar-refractivity contribution is -0.121. The van der Waals surface area contributed by atoms with E-state index < -0.39 is 0 Å². The Morgan fingerprint density at radius 2 is 2.04 bits per heavy atom. The number of benzene rings is 2. The zero-order valence-corrected chi connectivity index (χ0v) is 16.9. The van der Waals surface area contributed by atoms with E-state index in [1.807, 2.05) is 36.4 Å². The number of nitrogens with one attached hydrogen (secondary N) is 2. The van der Waals surface area contributed by atoms with Crippen LogP contribution in [0, 0.1) is 12.8 Å². The maximum absolute atomic E-state index is 12.4. The molecule has 1 amide bonds. The third kappa shape index (κ3) is 6.26. The Hall–Kier alpha value is -2.04. The topological polar surface area (TPSA) is 50.4 Å². The molecule has 0 radical (unpaired) electrons. The first-order chi connectivity index (χ1) is 12.6. The van der Waals surface area contributed by atoms with Crippen molar-refractivity contribution in [3.63, 3.8) is 0 Å². The Morgan fingerprint density at radius 1 is 1.22 bits per heavy atom. The van der Waals surface area contributed by atoms with E-state index in [-0.39, 0.29) is 24.4 Å². The summed E-state index contributed by atoms with van der Waals surface area (Å²) in [6.07, 6.45) is 1.48. The molecule has 0 aliphatic carbocycles. The summed E-state index contributed by atoms with van der Waals surface area (Å²) in [5.41, 5.74) is 3.37. The molecule has 0 bridgehead atoms. The molecule has 1 saturated heterocycles. The number of carbonyl (C=O) groups excluding carboxylic acids is 1. The molecule has 2 unspecified atom stereocenters. The van der Waals surface area contributed by atoms with E-state index in [4.69, 9.17) is 4.74 Å². The fourth-order valence-corrected chi connectivity index (χ4v) is 3.30. The predicted octanol–water partition coefficient (Wildman–Crippen LogP) is 3.65. The number of carbonyl (C=O) groups is 1. The van der Waals surface area contributed by atoms with E-state index in [9.17, 15) is 4.79 Å². The van der Waals surface area contributed by atoms with Gasteiger partial charge in [-0.1, -0.05) is 43.3 Å². The summed E-state index contributed by atoms with van der Waals surface area (Å²) in [4.78, 5) is 12.4. The van der Waals surface area contributed by atoms with Crippen molar-refractivity contribution in [2.75, 3.05) is 13.1 Å². The molecule has 2 aromatic rings. The molecule has 1 aliphatic heterocycles. The molecule has 2 aromatic carbocycles. The molecule has 146 valence electrons. The quantitative estimate of drug-likeness (QED) is 0.794. The highest BCUT2D eigenvalue weighted by atomic mass is 35.5. The molecule has 1 heterocycles. The number of rotatable bonds is 6. The average Bonchev–Trinajstić information content (AvgIpc) is 2.63. The number of piperidine rings is 1. The maximum atomic E-state index is 12.4. The second-order valence-corrected chi connectivity index (χ2v) is 7.18. The van der Waals surface area contributed by atoms with E-state index >= 15 is 0 Å². The van der Waals surface area contributed by atoms with Crippen LogP contribution in [0.1, 0.15) is 30.0 Å². The molecule has 27 heavy (non-hydrogen) atoms. The van der Waals surface area contributed by atoms with Crippen LogP contribution in [0.2, 0.25) is 0 Å². The van der Waals surface area contributed by atoms with Gasteiger partial charge in [-0.25, -0.2) is 0 Å². The lowest BCUT2D eigenvalue weighted by Gasteiger charge is -2.30. The van der Waals surface area contributed by atoms with Gasteiger partial charge in [-0.2, -0.15) is 0 Å². The van der Waals surface area contributed by atoms with Gasteiger partial charge < -0.3 is 15.4 Å². The summed E-state index contributed by atoms with van der Waals surface area (Å²) in [7, 11) is 0. The van der Waals surface area contributed by atoms with Crippen molar-refractivity contribution in [3.8, 4) is 5.75 Å². The Balaban J connectivity index is 0.00000261. The van der Waals surface area contributed by atoms with Crippen LogP contribution < -0.4 is 15.4 Å². The molecule has 1 fully saturated rings. The molecule has 3 rings (SSSR count). The van der Waals surface area contributed by atoms with Crippen molar-refractivity contribution in [2.45, 2.75) is 39.3 Å². The van der Waals surface area contributed by atoms with E-state index in [0.717, 1.165) is 30.8 Å². The van der Waals surface area contributed by atoms with Gasteiger partial charge in [0.2, 0.25) is 5.91 Å². The Morgan fingerprint density at radius 3 is 2.81 bits per heavy atom. The largest absolute Gasteiger partial charge is 0.489 e. The zero-order valence-electron chi connectivity index (χ0n) is 16.0. The fraction of sp³-hybridized carbons (Fsp3) is 0.409. The molecule has 0 saturated carbocycles. The molecule has 2 N–H and O–H groups in total. The van der Waals surface area contributed by atoms with Gasteiger partial charge in [0, 0.05) is 12.6 Å². The SMILES string of the molecule is Cc1ccccc1COc1cccc(CC(=O)NC2CNCCC2C)c1.Cl. The lowest BCUT2D eigenvalue weighted by Crippen LogP contribution is -2.50. The van der Waals surface area contributed by atoms with E-state index in [1.54, 1.807) is 0 Å². The third-order valence-corrected chi connectivity index (χ3v) is 5.09. The summed E-state index contributed by atoms with van der Waals surface area (Å²) < 4.78 is 5.92. The van der Waals surface area contributed by atoms with Crippen LogP contribution in [0.3, 0.4) is 0 Å². The van der Waals surface area contributed by atoms with Crippen molar-refractivity contribution in [1.82, 2.24) is 10.6 Å². The molecule has 4 nitrogen and oxygen atoms in total. The molecule has 0 spiro atoms. The summed E-state index contributed by atoms with van der Waals surface area (Å²) in [6, 6.07) is 16.2. The molecule has 1 aliphatic rings. The summed E-state index contributed by atoms with van der Waals surface area (Å²) >= 11 is 0. The van der Waals surface area contributed by atoms with Crippen LogP contribution in [0.25, 0.3) is 0 Å². The van der Waals surface area contributed by atoms with Crippen LogP contribution in [0.4, 0.5) is 0 Å². The zero-order chi connectivity index (χ0) is 18.4. The second kappa shape index (κ2) is 10.3. The van der Waals surface area contributed by atoms with Crippen molar-refractivity contribution < 1.29 is 9.53 Å². The number of ether oxygens (including phenoxy) is 1. The Kier molecular flexibility index (Phi) is 8.14. The van der Waals surface area contributed by atoms with Crippen LogP contribution >= 0.6 is 12.4 Å². The highest BCUT2D eigenvalue weighted by molar-refractivity contribution is 5.85. The van der Waals surface area contributed by atoms with Crippen molar-refractivity contribution in [1.29, 1.82) is 0 Å². The first kappa shape index (κ1) is 21.3. The van der Waals surface area contributed by atoms with E-state index in [2.05, 4.69) is 36.6 Å². The van der Waals surface area contributed by atoms with Crippen LogP contribution in [0.5, 0.6) is 5.75 Å². The number of hydrogen-bond acceptors (Lipinski definition) is 3. The van der Waals surface area contributed by atoms with Crippen molar-refractivity contribution >= 4 is 18.3 Å². The van der Waals surface area contributed by atoms with Crippen molar-refractivity contribution in [3.05, 3.63) is 65.2 Å². The summed E-state index contributed by atoms with van der Waals surface area (Å²) in [5, 5.41) is 6.51. The van der Waals surface area contributed by atoms with Gasteiger partial charge in [-0.05, 0) is 54.6 Å². The smallest absolute Gasteiger partial charge is 0.224 e. The standard InChI is InChI=1S/C22H28N2O2.ClH/c1-16-6-3-4-8-19(16)15-26-20-9-5-7-18(12-20)13-22(25)24-21-14-23-11-10-17(21)2;/h3-9,12,17,21,23H,10-11,13-15H2,1-2H3,(H,24,25);1H. The normalized spacial score (nSPS) is 19.0. The number of aryl methyl sites for hydroxylation is 1. The number of amides is 1. The van der Waals surface area contributed by atoms with Gasteiger partial charge in [0.05, 0.1) is 6.42 Å². The number of hydrogen-bond donors (Lipinski definition) is 2. The van der Waals surface area contributed by atoms with Crippen LogP contribution in [0.15, 0.2) is 48.5 Å². The van der Waals surface area contributed by atoms with Crippen molar-refractivity contribution in [2.24, 2.45) is 5.92 Å². The highest BCUT2D eigenvalue weighted by Gasteiger charge is 2.22. The van der Waals surface area contributed by atoms with Crippen LogP contribution in [-0.4, -0.2) is 25.0 Å². The predicted molar refractivity (Wildman–Crippen MR) is 111 cm³/mol. The molecular formula is C22H29ClN2O2. The average molecular weight is 389 g/mol. The second-order valence-electron chi connectivity index (χ2n) is 7.18. The lowest BCUT2D eigenvalue weighted by atomic mass is 9.94. The van der Waals surface area contributed by atoms with Crippen LogP contribution in [-0.2, 0) is 17.8 Å². The molecular weight excluding hydrogens is 360 g/mol. The third-order valence-electron chi connectivity index (χ3n) is 5.09. The molecule has 0 aromatic heterocycles. The molecule has 2 atom stereocenters. The van der Waals surface area contributed by atoms with Gasteiger partial charge in [0.25, 0.3) is 0 Å². The van der Waals surface area contributed by atoms with Gasteiger partial charge >= 0.3 is 0 Å². The first-order valence-corrected chi connectivity index (χ1v) is 9.38. The van der Waals surface area contributed by atoms with Gasteiger partial charge in [-0.3, -0.25) is 4.79 Å². The van der Waals surface area contributed by atoms with Gasteiger partial charge in [0.15, 0.2) is 0 Å². The van der Waals surface area contributed by atoms with E-state index in [1.165, 1.54) is 11.1 Å². The summed E-state index contributed by atoms with van der Waals surface area (Å²) in [5.74, 6) is 1.39. The molecule has 5 heteroatoms. The monoisotopic (exact) mass is 388 g/mol. The summed E-state index contributed by atoms with van der Waals surface area (Å²) in [6.45, 7) is 6.71. The first-order valence-electron chi connectivity index (χ1n) is 9.38. The van der Waals surface area contributed by atoms with E-state index in [0.29, 0.717) is 18.9 Å². The minimum absolute atomic E-state index is 0. The minimum atomic E-state index is 0. The van der Waals surface area contributed by atoms with Gasteiger partial charge in [0.1, 0.15) is 12.4 Å².